The molecule has 2 N–H and O–H groups in total. The molecule has 0 unspecified atom stereocenters. The molecular weight excluding hydrogens is 264 g/mol. The fraction of sp³-hybridized carbons (Fsp3) is 0.562. The minimum Gasteiger partial charge on any atom is -0.369 e. The van der Waals surface area contributed by atoms with E-state index in [1.165, 1.54) is 11.3 Å². The highest BCUT2D eigenvalue weighted by Crippen LogP contribution is 2.21. The van der Waals surface area contributed by atoms with Gasteiger partial charge in [0.1, 0.15) is 0 Å². The van der Waals surface area contributed by atoms with E-state index in [9.17, 15) is 4.79 Å². The maximum atomic E-state index is 12.5. The van der Waals surface area contributed by atoms with Gasteiger partial charge in [-0.3, -0.25) is 15.6 Å². The lowest BCUT2D eigenvalue weighted by Crippen LogP contribution is -2.40. The number of benzene rings is 1. The number of hydrogen-bond acceptors (Lipinski definition) is 4. The van der Waals surface area contributed by atoms with Crippen LogP contribution < -0.4 is 15.8 Å². The van der Waals surface area contributed by atoms with E-state index >= 15 is 0 Å². The Bertz CT molecular complexity index is 499. The summed E-state index contributed by atoms with van der Waals surface area (Å²) in [5.74, 6) is 0.383. The Morgan fingerprint density at radius 2 is 1.86 bits per heavy atom. The van der Waals surface area contributed by atoms with Crippen molar-refractivity contribution < 1.29 is 4.79 Å². The van der Waals surface area contributed by atoms with Crippen LogP contribution in [0, 0.1) is 12.8 Å². The van der Waals surface area contributed by atoms with Gasteiger partial charge in [-0.2, -0.15) is 0 Å². The topological polar surface area (TPSA) is 47.6 Å². The van der Waals surface area contributed by atoms with Crippen LogP contribution in [0.3, 0.4) is 0 Å². The van der Waals surface area contributed by atoms with Crippen LogP contribution >= 0.6 is 0 Å². The summed E-state index contributed by atoms with van der Waals surface area (Å²) in [7, 11) is 0. The van der Waals surface area contributed by atoms with Crippen molar-refractivity contribution in [2.45, 2.75) is 13.3 Å². The van der Waals surface area contributed by atoms with Crippen LogP contribution in [0.25, 0.3) is 0 Å². The van der Waals surface area contributed by atoms with Crippen molar-refractivity contribution in [2.24, 2.45) is 5.92 Å². The molecule has 2 heterocycles. The number of amides is 1. The van der Waals surface area contributed by atoms with Gasteiger partial charge >= 0.3 is 0 Å². The third-order valence-electron chi connectivity index (χ3n) is 4.43. The minimum absolute atomic E-state index is 0.0926. The maximum Gasteiger partial charge on any atom is 0.228 e. The molecule has 21 heavy (non-hydrogen) atoms. The summed E-state index contributed by atoms with van der Waals surface area (Å²) < 4.78 is 0. The average Bonchev–Trinajstić information content (AvgIpc) is 2.92. The lowest BCUT2D eigenvalue weighted by molar-refractivity contribution is -0.134. The Morgan fingerprint density at radius 3 is 2.62 bits per heavy atom. The molecule has 2 fully saturated rings. The maximum absolute atomic E-state index is 12.5. The van der Waals surface area contributed by atoms with E-state index < -0.39 is 0 Å². The van der Waals surface area contributed by atoms with Crippen molar-refractivity contribution in [3.63, 3.8) is 0 Å². The zero-order chi connectivity index (χ0) is 14.7. The molecular formula is C16H24N4O. The first kappa shape index (κ1) is 14.4. The second kappa shape index (κ2) is 6.45. The number of nitrogens with one attached hydrogen (secondary N) is 2. The summed E-state index contributed by atoms with van der Waals surface area (Å²) in [6.07, 6.45) is 1.04. The van der Waals surface area contributed by atoms with Gasteiger partial charge in [-0.1, -0.05) is 18.2 Å². The van der Waals surface area contributed by atoms with E-state index in [1.807, 2.05) is 4.90 Å². The monoisotopic (exact) mass is 288 g/mol. The molecule has 0 atom stereocenters. The van der Waals surface area contributed by atoms with Crippen molar-refractivity contribution in [3.8, 4) is 0 Å². The standard InChI is InChI=1S/C16H24N4O/c1-13-5-2-3-6-15(13)19-7-4-8-20(10-9-19)16(21)14-11-17-18-12-14/h2-3,5-6,14,17-18H,4,7-12H2,1H3. The molecule has 0 saturated carbocycles. The highest BCUT2D eigenvalue weighted by atomic mass is 16.2. The van der Waals surface area contributed by atoms with Gasteiger partial charge in [-0.25, -0.2) is 0 Å². The lowest BCUT2D eigenvalue weighted by atomic mass is 10.1. The predicted molar refractivity (Wildman–Crippen MR) is 84.1 cm³/mol. The molecule has 0 aromatic heterocycles. The first-order valence-corrected chi connectivity index (χ1v) is 7.81. The molecule has 0 bridgehead atoms. The van der Waals surface area contributed by atoms with Crippen molar-refractivity contribution in [1.82, 2.24) is 15.8 Å². The third-order valence-corrected chi connectivity index (χ3v) is 4.43. The Labute approximate surface area is 126 Å². The number of para-hydroxylation sites is 1. The summed E-state index contributed by atoms with van der Waals surface area (Å²) in [6, 6.07) is 8.50. The fourth-order valence-corrected chi connectivity index (χ4v) is 3.19. The van der Waals surface area contributed by atoms with Crippen molar-refractivity contribution in [1.29, 1.82) is 0 Å². The molecule has 5 heteroatoms. The summed E-state index contributed by atoms with van der Waals surface area (Å²) in [5.41, 5.74) is 8.69. The molecule has 2 aliphatic rings. The fourth-order valence-electron chi connectivity index (χ4n) is 3.19. The van der Waals surface area contributed by atoms with Gasteiger partial charge in [0.25, 0.3) is 0 Å². The van der Waals surface area contributed by atoms with Crippen LogP contribution in [0.15, 0.2) is 24.3 Å². The van der Waals surface area contributed by atoms with Crippen molar-refractivity contribution >= 4 is 11.6 Å². The van der Waals surface area contributed by atoms with E-state index in [1.54, 1.807) is 0 Å². The molecule has 2 aliphatic heterocycles. The molecule has 3 rings (SSSR count). The minimum atomic E-state index is 0.0926. The van der Waals surface area contributed by atoms with Gasteiger partial charge in [0.2, 0.25) is 5.91 Å². The van der Waals surface area contributed by atoms with E-state index in [-0.39, 0.29) is 5.92 Å². The molecule has 1 amide bonds. The number of aryl methyl sites for hydroxylation is 1. The Morgan fingerprint density at radius 1 is 1.10 bits per heavy atom. The summed E-state index contributed by atoms with van der Waals surface area (Å²) in [6.45, 7) is 7.29. The Hall–Kier alpha value is -1.59. The first-order valence-electron chi connectivity index (χ1n) is 7.81. The number of hydrogen-bond donors (Lipinski definition) is 2. The number of rotatable bonds is 2. The largest absolute Gasteiger partial charge is 0.369 e. The number of hydrazine groups is 1. The van der Waals surface area contributed by atoms with Crippen LogP contribution in [-0.4, -0.2) is 50.1 Å². The second-order valence-electron chi connectivity index (χ2n) is 5.91. The summed E-state index contributed by atoms with van der Waals surface area (Å²) in [4.78, 5) is 16.9. The smallest absolute Gasteiger partial charge is 0.228 e. The molecule has 0 radical (unpaired) electrons. The zero-order valence-electron chi connectivity index (χ0n) is 12.6. The van der Waals surface area contributed by atoms with Crippen LogP contribution in [0.5, 0.6) is 0 Å². The van der Waals surface area contributed by atoms with E-state index in [2.05, 4.69) is 46.9 Å². The molecule has 2 saturated heterocycles. The molecule has 114 valence electrons. The van der Waals surface area contributed by atoms with Gasteiger partial charge < -0.3 is 9.80 Å². The molecule has 1 aromatic rings. The van der Waals surface area contributed by atoms with Crippen molar-refractivity contribution in [3.05, 3.63) is 29.8 Å². The summed E-state index contributed by atoms with van der Waals surface area (Å²) >= 11 is 0. The highest BCUT2D eigenvalue weighted by Gasteiger charge is 2.28. The lowest BCUT2D eigenvalue weighted by Gasteiger charge is -2.26. The van der Waals surface area contributed by atoms with Gasteiger partial charge in [0.15, 0.2) is 0 Å². The number of anilines is 1. The number of nitrogens with zero attached hydrogens (tertiary/aromatic N) is 2. The van der Waals surface area contributed by atoms with Crippen LogP contribution in [-0.2, 0) is 4.79 Å². The zero-order valence-corrected chi connectivity index (χ0v) is 12.6. The second-order valence-corrected chi connectivity index (χ2v) is 5.91. The normalized spacial score (nSPS) is 20.6. The summed E-state index contributed by atoms with van der Waals surface area (Å²) in [5, 5.41) is 0. The quantitative estimate of drug-likeness (QED) is 0.843. The van der Waals surface area contributed by atoms with Crippen LogP contribution in [0.2, 0.25) is 0 Å². The van der Waals surface area contributed by atoms with Gasteiger partial charge in [0.05, 0.1) is 5.92 Å². The van der Waals surface area contributed by atoms with Crippen LogP contribution in [0.1, 0.15) is 12.0 Å². The molecule has 5 nitrogen and oxygen atoms in total. The molecule has 1 aromatic carbocycles. The Kier molecular flexibility index (Phi) is 4.41. The van der Waals surface area contributed by atoms with Crippen molar-refractivity contribution in [2.75, 3.05) is 44.2 Å². The average molecular weight is 288 g/mol. The highest BCUT2D eigenvalue weighted by molar-refractivity contribution is 5.79. The van der Waals surface area contributed by atoms with Crippen LogP contribution in [0.4, 0.5) is 5.69 Å². The molecule has 0 spiro atoms. The SMILES string of the molecule is Cc1ccccc1N1CCCN(C(=O)C2CNNC2)CC1. The van der Waals surface area contributed by atoms with E-state index in [0.29, 0.717) is 5.91 Å². The molecule has 0 aliphatic carbocycles. The van der Waals surface area contributed by atoms with E-state index in [4.69, 9.17) is 0 Å². The number of carbonyl (C=O) groups is 1. The predicted octanol–water partition coefficient (Wildman–Crippen LogP) is 0.758. The third kappa shape index (κ3) is 3.19. The van der Waals surface area contributed by atoms with E-state index in [0.717, 1.165) is 45.7 Å². The van der Waals surface area contributed by atoms with Gasteiger partial charge in [0, 0.05) is 45.0 Å². The first-order chi connectivity index (χ1) is 10.3. The number of carbonyl (C=O) groups excluding carboxylic acids is 1. The van der Waals surface area contributed by atoms with Gasteiger partial charge in [-0.15, -0.1) is 0 Å². The van der Waals surface area contributed by atoms with Gasteiger partial charge in [-0.05, 0) is 25.0 Å². The Balaban J connectivity index is 1.64.